The molecule has 0 atom stereocenters. The van der Waals surface area contributed by atoms with Crippen molar-refractivity contribution in [3.63, 3.8) is 0 Å². The number of fused-ring (bicyclic) bond motifs is 1. The summed E-state index contributed by atoms with van der Waals surface area (Å²) in [6, 6.07) is 3.67. The topological polar surface area (TPSA) is 59.1 Å². The predicted molar refractivity (Wildman–Crippen MR) is 80.2 cm³/mol. The van der Waals surface area contributed by atoms with Crippen LogP contribution < -0.4 is 5.32 Å². The van der Waals surface area contributed by atoms with Gasteiger partial charge in [0.2, 0.25) is 11.6 Å². The van der Waals surface area contributed by atoms with E-state index in [4.69, 9.17) is 0 Å². The first-order valence-corrected chi connectivity index (χ1v) is 7.78. The molecule has 4 nitrogen and oxygen atoms in total. The van der Waals surface area contributed by atoms with Crippen LogP contribution in [0.3, 0.4) is 0 Å². The van der Waals surface area contributed by atoms with Gasteiger partial charge in [0.05, 0.1) is 11.3 Å². The van der Waals surface area contributed by atoms with E-state index < -0.39 is 0 Å². The van der Waals surface area contributed by atoms with Crippen molar-refractivity contribution in [3.8, 4) is 0 Å². The smallest absolute Gasteiger partial charge is 0.211 e. The number of carbonyl (C=O) groups excluding carboxylic acids is 2. The fourth-order valence-corrected chi connectivity index (χ4v) is 3.12. The van der Waals surface area contributed by atoms with Gasteiger partial charge in [-0.1, -0.05) is 32.1 Å². The minimum Gasteiger partial charge on any atom is -0.379 e. The zero-order valence-electron chi connectivity index (χ0n) is 12.1. The molecule has 0 bridgehead atoms. The van der Waals surface area contributed by atoms with Gasteiger partial charge in [0.25, 0.3) is 0 Å². The van der Waals surface area contributed by atoms with Crippen LogP contribution in [0.1, 0.15) is 65.8 Å². The van der Waals surface area contributed by atoms with E-state index in [9.17, 15) is 9.59 Å². The Hall–Kier alpha value is -1.97. The standard InChI is InChI=1S/C17H20N2O2/c20-15-11-14(17(21)13-9-6-10-18-16(13)15)19-12-7-4-2-1-3-5-8-12/h6,9-12,19H,1-5,7-8H2. The molecule has 21 heavy (non-hydrogen) atoms. The molecular formula is C17H20N2O2. The third-order valence-electron chi connectivity index (χ3n) is 4.27. The maximum absolute atomic E-state index is 12.5. The number of rotatable bonds is 2. The van der Waals surface area contributed by atoms with Crippen molar-refractivity contribution >= 4 is 11.6 Å². The molecule has 1 heterocycles. The SMILES string of the molecule is O=C1C(NC2CCCCCCC2)=CC(=O)c2ncccc21. The van der Waals surface area contributed by atoms with Crippen molar-refractivity contribution in [2.24, 2.45) is 0 Å². The van der Waals surface area contributed by atoms with Crippen LogP contribution in [0.15, 0.2) is 30.1 Å². The molecule has 0 spiro atoms. The van der Waals surface area contributed by atoms with Gasteiger partial charge in [0.1, 0.15) is 5.69 Å². The average Bonchev–Trinajstić information content (AvgIpc) is 2.47. The molecule has 2 aliphatic carbocycles. The van der Waals surface area contributed by atoms with Gasteiger partial charge in [-0.25, -0.2) is 0 Å². The Morgan fingerprint density at radius 3 is 2.52 bits per heavy atom. The van der Waals surface area contributed by atoms with E-state index in [-0.39, 0.29) is 17.3 Å². The molecule has 4 heteroatoms. The minimum atomic E-state index is -0.182. The predicted octanol–water partition coefficient (Wildman–Crippen LogP) is 3.05. The van der Waals surface area contributed by atoms with Crippen LogP contribution in [-0.2, 0) is 0 Å². The van der Waals surface area contributed by atoms with Gasteiger partial charge >= 0.3 is 0 Å². The highest BCUT2D eigenvalue weighted by molar-refractivity contribution is 6.23. The Balaban J connectivity index is 1.77. The Labute approximate surface area is 124 Å². The lowest BCUT2D eigenvalue weighted by atomic mass is 9.93. The third-order valence-corrected chi connectivity index (χ3v) is 4.27. The fourth-order valence-electron chi connectivity index (χ4n) is 3.12. The molecule has 1 aromatic heterocycles. The first-order chi connectivity index (χ1) is 10.3. The van der Waals surface area contributed by atoms with Gasteiger partial charge in [-0.15, -0.1) is 0 Å². The lowest BCUT2D eigenvalue weighted by Gasteiger charge is -2.24. The number of hydrogen-bond donors (Lipinski definition) is 1. The first kappa shape index (κ1) is 14.0. The number of aromatic nitrogens is 1. The van der Waals surface area contributed by atoms with Gasteiger partial charge in [-0.05, 0) is 25.0 Å². The van der Waals surface area contributed by atoms with Gasteiger partial charge in [0.15, 0.2) is 0 Å². The summed E-state index contributed by atoms with van der Waals surface area (Å²) in [6.45, 7) is 0. The number of pyridine rings is 1. The van der Waals surface area contributed by atoms with Crippen LogP contribution in [0.5, 0.6) is 0 Å². The number of hydrogen-bond acceptors (Lipinski definition) is 4. The number of nitrogens with zero attached hydrogens (tertiary/aromatic N) is 1. The summed E-state index contributed by atoms with van der Waals surface area (Å²) in [5, 5.41) is 3.31. The highest BCUT2D eigenvalue weighted by Gasteiger charge is 2.27. The second kappa shape index (κ2) is 6.20. The first-order valence-electron chi connectivity index (χ1n) is 7.78. The summed E-state index contributed by atoms with van der Waals surface area (Å²) in [5.41, 5.74) is 1.12. The molecular weight excluding hydrogens is 264 g/mol. The van der Waals surface area contributed by atoms with E-state index in [0.29, 0.717) is 17.3 Å². The molecule has 0 unspecified atom stereocenters. The Morgan fingerprint density at radius 2 is 1.76 bits per heavy atom. The maximum atomic E-state index is 12.5. The molecule has 0 saturated heterocycles. The molecule has 0 amide bonds. The molecule has 2 aliphatic rings. The Kier molecular flexibility index (Phi) is 4.13. The second-order valence-electron chi connectivity index (χ2n) is 5.84. The molecule has 0 aromatic carbocycles. The van der Waals surface area contributed by atoms with Crippen LogP contribution >= 0.6 is 0 Å². The summed E-state index contributed by atoms with van der Waals surface area (Å²) < 4.78 is 0. The van der Waals surface area contributed by atoms with Gasteiger partial charge < -0.3 is 5.32 Å². The fraction of sp³-hybridized carbons (Fsp3) is 0.471. The highest BCUT2D eigenvalue weighted by Crippen LogP contribution is 2.22. The number of carbonyl (C=O) groups is 2. The molecule has 1 saturated carbocycles. The molecule has 0 radical (unpaired) electrons. The van der Waals surface area contributed by atoms with Crippen molar-refractivity contribution in [2.75, 3.05) is 0 Å². The van der Waals surface area contributed by atoms with Crippen LogP contribution in [0, 0.1) is 0 Å². The van der Waals surface area contributed by atoms with E-state index in [2.05, 4.69) is 10.3 Å². The van der Waals surface area contributed by atoms with Gasteiger partial charge in [0, 0.05) is 18.3 Å². The second-order valence-corrected chi connectivity index (χ2v) is 5.84. The summed E-state index contributed by atoms with van der Waals surface area (Å²) in [6.07, 6.45) is 11.3. The van der Waals surface area contributed by atoms with Crippen molar-refractivity contribution < 1.29 is 9.59 Å². The Bertz CT molecular complexity index is 584. The number of ketones is 2. The van der Waals surface area contributed by atoms with Crippen LogP contribution in [-0.4, -0.2) is 22.6 Å². The van der Waals surface area contributed by atoms with E-state index in [1.54, 1.807) is 18.3 Å². The highest BCUT2D eigenvalue weighted by atomic mass is 16.1. The molecule has 1 N–H and O–H groups in total. The average molecular weight is 284 g/mol. The minimum absolute atomic E-state index is 0.111. The number of Topliss-reactive ketones (excluding diaryl/α,β-unsaturated/α-hetero) is 1. The van der Waals surface area contributed by atoms with E-state index in [1.165, 1.54) is 38.2 Å². The van der Waals surface area contributed by atoms with E-state index in [0.717, 1.165) is 12.8 Å². The molecule has 1 aromatic rings. The van der Waals surface area contributed by atoms with Crippen molar-refractivity contribution in [1.29, 1.82) is 0 Å². The summed E-state index contributed by atoms with van der Waals surface area (Å²) >= 11 is 0. The zero-order valence-corrected chi connectivity index (χ0v) is 12.1. The lowest BCUT2D eigenvalue weighted by molar-refractivity contribution is 0.0972. The molecule has 110 valence electrons. The van der Waals surface area contributed by atoms with Crippen molar-refractivity contribution in [3.05, 3.63) is 41.4 Å². The zero-order chi connectivity index (χ0) is 14.7. The molecule has 3 rings (SSSR count). The van der Waals surface area contributed by atoms with Gasteiger partial charge in [-0.2, -0.15) is 0 Å². The molecule has 1 fully saturated rings. The largest absolute Gasteiger partial charge is 0.379 e. The van der Waals surface area contributed by atoms with Crippen molar-refractivity contribution in [1.82, 2.24) is 10.3 Å². The third kappa shape index (κ3) is 3.04. The van der Waals surface area contributed by atoms with E-state index in [1.807, 2.05) is 0 Å². The summed E-state index contributed by atoms with van der Waals surface area (Å²) in [7, 11) is 0. The number of nitrogens with one attached hydrogen (secondary N) is 1. The van der Waals surface area contributed by atoms with Crippen LogP contribution in [0.4, 0.5) is 0 Å². The summed E-state index contributed by atoms with van der Waals surface area (Å²) in [5.74, 6) is -0.293. The quantitative estimate of drug-likeness (QED) is 0.906. The normalized spacial score (nSPS) is 20.3. The molecule has 0 aliphatic heterocycles. The van der Waals surface area contributed by atoms with Gasteiger partial charge in [-0.3, -0.25) is 14.6 Å². The van der Waals surface area contributed by atoms with E-state index >= 15 is 0 Å². The Morgan fingerprint density at radius 1 is 1.05 bits per heavy atom. The van der Waals surface area contributed by atoms with Crippen LogP contribution in [0.25, 0.3) is 0 Å². The number of allylic oxidation sites excluding steroid dienone is 2. The summed E-state index contributed by atoms with van der Waals surface area (Å²) in [4.78, 5) is 28.6. The van der Waals surface area contributed by atoms with Crippen molar-refractivity contribution in [2.45, 2.75) is 51.0 Å². The maximum Gasteiger partial charge on any atom is 0.211 e. The van der Waals surface area contributed by atoms with Crippen LogP contribution in [0.2, 0.25) is 0 Å². The monoisotopic (exact) mass is 284 g/mol. The lowest BCUT2D eigenvalue weighted by Crippen LogP contribution is -2.35.